The quantitative estimate of drug-likeness (QED) is 0.920. The standard InChI is InChI=1S/C15H22N2O3/c1-11(2)17-7-3-4-13(17)15(20)16-8-5-12(6-9-16)10-14(18)19/h3-4,7,11-12H,5-6,8-10H2,1-2H3,(H,18,19). The van der Waals surface area contributed by atoms with Gasteiger partial charge in [0.05, 0.1) is 0 Å². The molecule has 5 heteroatoms. The zero-order chi connectivity index (χ0) is 14.7. The second-order valence-corrected chi connectivity index (χ2v) is 5.73. The Hall–Kier alpha value is -1.78. The number of amides is 1. The first kappa shape index (κ1) is 14.6. The fraction of sp³-hybridized carbons (Fsp3) is 0.600. The van der Waals surface area contributed by atoms with Gasteiger partial charge in [-0.25, -0.2) is 0 Å². The molecule has 1 fully saturated rings. The number of carbonyl (C=O) groups is 2. The Bertz CT molecular complexity index is 485. The van der Waals surface area contributed by atoms with E-state index in [0.717, 1.165) is 18.5 Å². The van der Waals surface area contributed by atoms with E-state index in [0.29, 0.717) is 13.1 Å². The SMILES string of the molecule is CC(C)n1cccc1C(=O)N1CCC(CC(=O)O)CC1. The second kappa shape index (κ2) is 6.11. The summed E-state index contributed by atoms with van der Waals surface area (Å²) in [4.78, 5) is 25.0. The van der Waals surface area contributed by atoms with Gasteiger partial charge in [0.2, 0.25) is 0 Å². The van der Waals surface area contributed by atoms with E-state index in [2.05, 4.69) is 13.8 Å². The van der Waals surface area contributed by atoms with Crippen LogP contribution in [-0.4, -0.2) is 39.5 Å². The highest BCUT2D eigenvalue weighted by molar-refractivity contribution is 5.92. The fourth-order valence-corrected chi connectivity index (χ4v) is 2.77. The van der Waals surface area contributed by atoms with Crippen LogP contribution in [0, 0.1) is 5.92 Å². The average molecular weight is 278 g/mol. The molecular weight excluding hydrogens is 256 g/mol. The van der Waals surface area contributed by atoms with Gasteiger partial charge in [-0.15, -0.1) is 0 Å². The molecule has 0 saturated carbocycles. The van der Waals surface area contributed by atoms with Crippen molar-refractivity contribution in [1.29, 1.82) is 0 Å². The lowest BCUT2D eigenvalue weighted by atomic mass is 9.93. The predicted octanol–water partition coefficient (Wildman–Crippen LogP) is 2.40. The highest BCUT2D eigenvalue weighted by atomic mass is 16.4. The molecule has 0 aliphatic carbocycles. The Morgan fingerprint density at radius 1 is 1.35 bits per heavy atom. The highest BCUT2D eigenvalue weighted by Gasteiger charge is 2.26. The van der Waals surface area contributed by atoms with Gasteiger partial charge < -0.3 is 14.6 Å². The van der Waals surface area contributed by atoms with Crippen LogP contribution in [0.2, 0.25) is 0 Å². The van der Waals surface area contributed by atoms with E-state index in [1.165, 1.54) is 0 Å². The van der Waals surface area contributed by atoms with Crippen LogP contribution in [0.1, 0.15) is 49.6 Å². The van der Waals surface area contributed by atoms with Crippen molar-refractivity contribution in [2.75, 3.05) is 13.1 Å². The highest BCUT2D eigenvalue weighted by Crippen LogP contribution is 2.22. The molecule has 5 nitrogen and oxygen atoms in total. The van der Waals surface area contributed by atoms with Crippen LogP contribution in [-0.2, 0) is 4.79 Å². The molecule has 0 unspecified atom stereocenters. The van der Waals surface area contributed by atoms with E-state index in [9.17, 15) is 9.59 Å². The van der Waals surface area contributed by atoms with Crippen molar-refractivity contribution in [3.63, 3.8) is 0 Å². The number of carboxylic acid groups (broad SMARTS) is 1. The maximum Gasteiger partial charge on any atom is 0.303 e. The topological polar surface area (TPSA) is 62.5 Å². The van der Waals surface area contributed by atoms with E-state index in [4.69, 9.17) is 5.11 Å². The van der Waals surface area contributed by atoms with Crippen LogP contribution >= 0.6 is 0 Å². The minimum Gasteiger partial charge on any atom is -0.481 e. The molecule has 1 aromatic heterocycles. The minimum absolute atomic E-state index is 0.0532. The number of rotatable bonds is 4. The third kappa shape index (κ3) is 3.21. The van der Waals surface area contributed by atoms with Crippen LogP contribution in [0.4, 0.5) is 0 Å². The van der Waals surface area contributed by atoms with Gasteiger partial charge in [-0.05, 0) is 44.7 Å². The first-order valence-electron chi connectivity index (χ1n) is 7.17. The van der Waals surface area contributed by atoms with Gasteiger partial charge in [-0.2, -0.15) is 0 Å². The molecule has 110 valence electrons. The number of piperidine rings is 1. The Balaban J connectivity index is 1.98. The number of carboxylic acids is 1. The normalized spacial score (nSPS) is 16.6. The van der Waals surface area contributed by atoms with Crippen LogP contribution in [0.25, 0.3) is 0 Å². The van der Waals surface area contributed by atoms with E-state index in [1.807, 2.05) is 27.8 Å². The third-order valence-electron chi connectivity index (χ3n) is 3.92. The third-order valence-corrected chi connectivity index (χ3v) is 3.92. The van der Waals surface area contributed by atoms with Gasteiger partial charge in [0.15, 0.2) is 0 Å². The van der Waals surface area contributed by atoms with Crippen molar-refractivity contribution in [2.24, 2.45) is 5.92 Å². The monoisotopic (exact) mass is 278 g/mol. The Kier molecular flexibility index (Phi) is 4.47. The first-order chi connectivity index (χ1) is 9.49. The summed E-state index contributed by atoms with van der Waals surface area (Å²) < 4.78 is 1.98. The van der Waals surface area contributed by atoms with E-state index in [1.54, 1.807) is 0 Å². The molecule has 2 rings (SSSR count). The summed E-state index contributed by atoms with van der Waals surface area (Å²) in [6, 6.07) is 4.00. The molecule has 1 aliphatic heterocycles. The molecule has 1 N–H and O–H groups in total. The van der Waals surface area contributed by atoms with E-state index >= 15 is 0 Å². The van der Waals surface area contributed by atoms with Gasteiger partial charge in [0.25, 0.3) is 5.91 Å². The van der Waals surface area contributed by atoms with E-state index in [-0.39, 0.29) is 24.3 Å². The van der Waals surface area contributed by atoms with Crippen LogP contribution in [0.15, 0.2) is 18.3 Å². The van der Waals surface area contributed by atoms with Gasteiger partial charge in [-0.1, -0.05) is 0 Å². The number of aromatic nitrogens is 1. The molecule has 20 heavy (non-hydrogen) atoms. The van der Waals surface area contributed by atoms with Crippen LogP contribution in [0.3, 0.4) is 0 Å². The summed E-state index contributed by atoms with van der Waals surface area (Å²) in [6.07, 6.45) is 3.69. The van der Waals surface area contributed by atoms with Crippen molar-refractivity contribution in [3.05, 3.63) is 24.0 Å². The van der Waals surface area contributed by atoms with Crippen molar-refractivity contribution in [3.8, 4) is 0 Å². The summed E-state index contributed by atoms with van der Waals surface area (Å²) in [5, 5.41) is 8.80. The number of aliphatic carboxylic acids is 1. The molecule has 0 aromatic carbocycles. The molecule has 0 spiro atoms. The lowest BCUT2D eigenvalue weighted by Gasteiger charge is -2.31. The lowest BCUT2D eigenvalue weighted by Crippen LogP contribution is -2.39. The molecule has 2 heterocycles. The maximum absolute atomic E-state index is 12.5. The average Bonchev–Trinajstić information content (AvgIpc) is 2.87. The summed E-state index contributed by atoms with van der Waals surface area (Å²) in [5.41, 5.74) is 0.719. The summed E-state index contributed by atoms with van der Waals surface area (Å²) in [7, 11) is 0. The molecule has 1 amide bonds. The van der Waals surface area contributed by atoms with Crippen molar-refractivity contribution in [2.45, 2.75) is 39.2 Å². The molecule has 0 bridgehead atoms. The molecular formula is C15H22N2O3. The molecule has 1 saturated heterocycles. The first-order valence-corrected chi connectivity index (χ1v) is 7.17. The number of hydrogen-bond acceptors (Lipinski definition) is 2. The Morgan fingerprint density at radius 2 is 2.00 bits per heavy atom. The number of likely N-dealkylation sites (tertiary alicyclic amines) is 1. The van der Waals surface area contributed by atoms with Gasteiger partial charge in [0, 0.05) is 31.7 Å². The maximum atomic E-state index is 12.5. The molecule has 1 aromatic rings. The second-order valence-electron chi connectivity index (χ2n) is 5.73. The van der Waals surface area contributed by atoms with E-state index < -0.39 is 5.97 Å². The fourth-order valence-electron chi connectivity index (χ4n) is 2.77. The lowest BCUT2D eigenvalue weighted by molar-refractivity contribution is -0.138. The Labute approximate surface area is 119 Å². The molecule has 0 radical (unpaired) electrons. The number of nitrogens with zero attached hydrogens (tertiary/aromatic N) is 2. The molecule has 1 aliphatic rings. The minimum atomic E-state index is -0.747. The van der Waals surface area contributed by atoms with Gasteiger partial charge in [-0.3, -0.25) is 9.59 Å². The van der Waals surface area contributed by atoms with Crippen molar-refractivity contribution in [1.82, 2.24) is 9.47 Å². The smallest absolute Gasteiger partial charge is 0.303 e. The van der Waals surface area contributed by atoms with Crippen LogP contribution in [0.5, 0.6) is 0 Å². The molecule has 0 atom stereocenters. The zero-order valence-corrected chi connectivity index (χ0v) is 12.1. The number of carbonyl (C=O) groups excluding carboxylic acids is 1. The Morgan fingerprint density at radius 3 is 2.55 bits per heavy atom. The largest absolute Gasteiger partial charge is 0.481 e. The summed E-state index contributed by atoms with van der Waals surface area (Å²) >= 11 is 0. The summed E-state index contributed by atoms with van der Waals surface area (Å²) in [5.74, 6) is -0.491. The number of hydrogen-bond donors (Lipinski definition) is 1. The van der Waals surface area contributed by atoms with Gasteiger partial charge >= 0.3 is 5.97 Å². The van der Waals surface area contributed by atoms with Crippen molar-refractivity contribution < 1.29 is 14.7 Å². The van der Waals surface area contributed by atoms with Gasteiger partial charge in [0.1, 0.15) is 5.69 Å². The predicted molar refractivity (Wildman–Crippen MR) is 75.7 cm³/mol. The van der Waals surface area contributed by atoms with Crippen LogP contribution < -0.4 is 0 Å². The van der Waals surface area contributed by atoms with Crippen molar-refractivity contribution >= 4 is 11.9 Å². The zero-order valence-electron chi connectivity index (χ0n) is 12.1. The summed E-state index contributed by atoms with van der Waals surface area (Å²) in [6.45, 7) is 5.41.